The van der Waals surface area contributed by atoms with Gasteiger partial charge >= 0.3 is 0 Å². The van der Waals surface area contributed by atoms with Crippen molar-refractivity contribution in [1.82, 2.24) is 10.6 Å². The van der Waals surface area contributed by atoms with Crippen LogP contribution in [0.25, 0.3) is 0 Å². The lowest BCUT2D eigenvalue weighted by Gasteiger charge is -2.20. The Hall–Kier alpha value is -0.810. The van der Waals surface area contributed by atoms with Crippen LogP contribution >= 0.6 is 23.2 Å². The van der Waals surface area contributed by atoms with Crippen molar-refractivity contribution >= 4 is 29.1 Å². The molecule has 0 aromatic heterocycles. The van der Waals surface area contributed by atoms with Crippen LogP contribution in [0.15, 0.2) is 18.2 Å². The third-order valence-electron chi connectivity index (χ3n) is 3.32. The Morgan fingerprint density at radius 1 is 1.36 bits per heavy atom. The summed E-state index contributed by atoms with van der Waals surface area (Å²) < 4.78 is 4.90. The molecular formula is C16H24Cl2N2O2. The second-order valence-electron chi connectivity index (χ2n) is 5.08. The highest BCUT2D eigenvalue weighted by molar-refractivity contribution is 6.35. The standard InChI is InChI=1S/C16H24Cl2N2O2/c1-3-4-5-15(13-7-6-12(17)10-14(13)18)20-11-16(21)19-8-9-22-2/h6-7,10,15,20H,3-5,8-9,11H2,1-2H3,(H,19,21)/t15-/m1/s1. The van der Waals surface area contributed by atoms with Crippen molar-refractivity contribution < 1.29 is 9.53 Å². The number of benzene rings is 1. The molecule has 1 rings (SSSR count). The first-order chi connectivity index (χ1) is 10.6. The van der Waals surface area contributed by atoms with E-state index in [1.54, 1.807) is 13.2 Å². The van der Waals surface area contributed by atoms with E-state index in [1.807, 2.05) is 12.1 Å². The van der Waals surface area contributed by atoms with Crippen molar-refractivity contribution in [3.05, 3.63) is 33.8 Å². The van der Waals surface area contributed by atoms with E-state index >= 15 is 0 Å². The maximum Gasteiger partial charge on any atom is 0.234 e. The second-order valence-corrected chi connectivity index (χ2v) is 5.93. The summed E-state index contributed by atoms with van der Waals surface area (Å²) in [5.74, 6) is -0.0522. The third-order valence-corrected chi connectivity index (χ3v) is 3.88. The molecule has 0 spiro atoms. The normalized spacial score (nSPS) is 12.2. The Morgan fingerprint density at radius 3 is 2.77 bits per heavy atom. The van der Waals surface area contributed by atoms with Gasteiger partial charge in [-0.1, -0.05) is 49.0 Å². The number of hydrogen-bond acceptors (Lipinski definition) is 3. The quantitative estimate of drug-likeness (QED) is 0.636. The van der Waals surface area contributed by atoms with Gasteiger partial charge in [0.05, 0.1) is 13.2 Å². The van der Waals surface area contributed by atoms with E-state index in [0.717, 1.165) is 24.8 Å². The molecule has 2 N–H and O–H groups in total. The number of carbonyl (C=O) groups excluding carboxylic acids is 1. The molecule has 4 nitrogen and oxygen atoms in total. The van der Waals surface area contributed by atoms with E-state index in [2.05, 4.69) is 17.6 Å². The van der Waals surface area contributed by atoms with Crippen molar-refractivity contribution in [1.29, 1.82) is 0 Å². The van der Waals surface area contributed by atoms with Crippen LogP contribution in [0.2, 0.25) is 10.0 Å². The van der Waals surface area contributed by atoms with Gasteiger partial charge in [-0.05, 0) is 24.1 Å². The van der Waals surface area contributed by atoms with Gasteiger partial charge in [-0.2, -0.15) is 0 Å². The third kappa shape index (κ3) is 6.97. The molecule has 1 aromatic rings. The number of amides is 1. The number of rotatable bonds is 10. The summed E-state index contributed by atoms with van der Waals surface area (Å²) >= 11 is 12.2. The van der Waals surface area contributed by atoms with Crippen LogP contribution < -0.4 is 10.6 Å². The zero-order valence-electron chi connectivity index (χ0n) is 13.1. The Balaban J connectivity index is 2.62. The minimum atomic E-state index is -0.0522. The minimum Gasteiger partial charge on any atom is -0.383 e. The molecule has 0 aliphatic carbocycles. The van der Waals surface area contributed by atoms with E-state index in [4.69, 9.17) is 27.9 Å². The van der Waals surface area contributed by atoms with Gasteiger partial charge in [-0.15, -0.1) is 0 Å². The van der Waals surface area contributed by atoms with Gasteiger partial charge in [0.2, 0.25) is 5.91 Å². The first-order valence-corrected chi connectivity index (χ1v) is 8.28. The number of unbranched alkanes of at least 4 members (excludes halogenated alkanes) is 1. The van der Waals surface area contributed by atoms with Crippen LogP contribution in [0.4, 0.5) is 0 Å². The average molecular weight is 347 g/mol. The first kappa shape index (κ1) is 19.2. The summed E-state index contributed by atoms with van der Waals surface area (Å²) in [6.07, 6.45) is 3.06. The van der Waals surface area contributed by atoms with Crippen molar-refractivity contribution in [3.63, 3.8) is 0 Å². The Bertz CT molecular complexity index is 469. The number of halogens is 2. The van der Waals surface area contributed by atoms with E-state index in [0.29, 0.717) is 23.2 Å². The molecule has 124 valence electrons. The number of methoxy groups -OCH3 is 1. The zero-order valence-corrected chi connectivity index (χ0v) is 14.6. The molecule has 0 bridgehead atoms. The molecule has 6 heteroatoms. The lowest BCUT2D eigenvalue weighted by molar-refractivity contribution is -0.120. The van der Waals surface area contributed by atoms with Gasteiger partial charge in [-0.25, -0.2) is 0 Å². The monoisotopic (exact) mass is 346 g/mol. The zero-order chi connectivity index (χ0) is 16.4. The molecule has 0 radical (unpaired) electrons. The Kier molecular flexibility index (Phi) is 9.48. The van der Waals surface area contributed by atoms with E-state index in [9.17, 15) is 4.79 Å². The number of nitrogens with one attached hydrogen (secondary N) is 2. The fourth-order valence-electron chi connectivity index (χ4n) is 2.13. The smallest absolute Gasteiger partial charge is 0.234 e. The predicted octanol–water partition coefficient (Wildman–Crippen LogP) is 3.58. The second kappa shape index (κ2) is 10.8. The molecule has 0 aliphatic heterocycles. The van der Waals surface area contributed by atoms with Crippen LogP contribution in [0.1, 0.15) is 37.8 Å². The summed E-state index contributed by atoms with van der Waals surface area (Å²) in [4.78, 5) is 11.8. The maximum absolute atomic E-state index is 11.8. The van der Waals surface area contributed by atoms with Crippen molar-refractivity contribution in [3.8, 4) is 0 Å². The largest absolute Gasteiger partial charge is 0.383 e. The molecule has 0 aliphatic rings. The molecule has 0 fully saturated rings. The molecule has 22 heavy (non-hydrogen) atoms. The van der Waals surface area contributed by atoms with E-state index in [-0.39, 0.29) is 18.5 Å². The summed E-state index contributed by atoms with van der Waals surface area (Å²) in [6, 6.07) is 5.51. The molecule has 0 saturated heterocycles. The fraction of sp³-hybridized carbons (Fsp3) is 0.562. The highest BCUT2D eigenvalue weighted by atomic mass is 35.5. The van der Waals surface area contributed by atoms with Crippen LogP contribution in [-0.2, 0) is 9.53 Å². The minimum absolute atomic E-state index is 0.0397. The molecule has 0 heterocycles. The van der Waals surface area contributed by atoms with Gasteiger partial charge in [0.25, 0.3) is 0 Å². The predicted molar refractivity (Wildman–Crippen MR) is 91.6 cm³/mol. The lowest BCUT2D eigenvalue weighted by Crippen LogP contribution is -2.37. The van der Waals surface area contributed by atoms with Gasteiger partial charge in [0, 0.05) is 29.7 Å². The van der Waals surface area contributed by atoms with E-state index in [1.165, 1.54) is 0 Å². The number of ether oxygens (including phenoxy) is 1. The van der Waals surface area contributed by atoms with Crippen LogP contribution in [0, 0.1) is 0 Å². The van der Waals surface area contributed by atoms with Crippen LogP contribution in [-0.4, -0.2) is 32.7 Å². The summed E-state index contributed by atoms with van der Waals surface area (Å²) in [7, 11) is 1.60. The van der Waals surface area contributed by atoms with Gasteiger partial charge < -0.3 is 15.4 Å². The highest BCUT2D eigenvalue weighted by Crippen LogP contribution is 2.29. The van der Waals surface area contributed by atoms with Crippen molar-refractivity contribution in [2.75, 3.05) is 26.8 Å². The SMILES string of the molecule is CCCC[C@@H](NCC(=O)NCCOC)c1ccc(Cl)cc1Cl. The lowest BCUT2D eigenvalue weighted by atomic mass is 10.0. The van der Waals surface area contributed by atoms with Crippen molar-refractivity contribution in [2.45, 2.75) is 32.2 Å². The number of carbonyl (C=O) groups is 1. The Labute approximate surface area is 142 Å². The topological polar surface area (TPSA) is 50.4 Å². The van der Waals surface area contributed by atoms with Crippen LogP contribution in [0.3, 0.4) is 0 Å². The Morgan fingerprint density at radius 2 is 2.14 bits per heavy atom. The fourth-order valence-corrected chi connectivity index (χ4v) is 2.67. The number of hydrogen-bond donors (Lipinski definition) is 2. The molecule has 1 aromatic carbocycles. The average Bonchev–Trinajstić information content (AvgIpc) is 2.48. The molecule has 0 unspecified atom stereocenters. The van der Waals surface area contributed by atoms with Gasteiger partial charge in [0.15, 0.2) is 0 Å². The summed E-state index contributed by atoms with van der Waals surface area (Å²) in [6.45, 7) is 3.40. The van der Waals surface area contributed by atoms with Gasteiger partial charge in [-0.3, -0.25) is 4.79 Å². The summed E-state index contributed by atoms with van der Waals surface area (Å²) in [5, 5.41) is 7.30. The first-order valence-electron chi connectivity index (χ1n) is 7.52. The van der Waals surface area contributed by atoms with Crippen LogP contribution in [0.5, 0.6) is 0 Å². The molecular weight excluding hydrogens is 323 g/mol. The molecule has 1 amide bonds. The van der Waals surface area contributed by atoms with Gasteiger partial charge in [0.1, 0.15) is 0 Å². The van der Waals surface area contributed by atoms with E-state index < -0.39 is 0 Å². The maximum atomic E-state index is 11.8. The molecule has 0 saturated carbocycles. The summed E-state index contributed by atoms with van der Waals surface area (Å²) in [5.41, 5.74) is 0.976. The van der Waals surface area contributed by atoms with Crippen molar-refractivity contribution in [2.24, 2.45) is 0 Å². The molecule has 1 atom stereocenters. The highest BCUT2D eigenvalue weighted by Gasteiger charge is 2.15.